The van der Waals surface area contributed by atoms with Gasteiger partial charge in [0.2, 0.25) is 0 Å². The average Bonchev–Trinajstić information content (AvgIpc) is 2.54. The molecule has 2 aromatic carbocycles. The zero-order valence-electron chi connectivity index (χ0n) is 13.7. The Morgan fingerprint density at radius 1 is 1.17 bits per heavy atom. The number of hydrogen-bond donors (Lipinski definition) is 1. The van der Waals surface area contributed by atoms with Crippen LogP contribution in [0, 0.1) is 19.3 Å². The second-order valence-corrected chi connectivity index (χ2v) is 7.07. The zero-order valence-corrected chi connectivity index (χ0v) is 14.5. The lowest BCUT2D eigenvalue weighted by molar-refractivity contribution is -0.148. The maximum Gasteiger partial charge on any atom is 0.313 e. The fourth-order valence-electron chi connectivity index (χ4n) is 2.02. The van der Waals surface area contributed by atoms with E-state index in [1.165, 1.54) is 11.8 Å². The molecule has 4 heteroatoms. The lowest BCUT2D eigenvalue weighted by atomic mass is 9.95. The normalized spacial score (nSPS) is 13.3. The van der Waals surface area contributed by atoms with Gasteiger partial charge in [0, 0.05) is 10.6 Å². The van der Waals surface area contributed by atoms with Gasteiger partial charge in [-0.3, -0.25) is 4.79 Å². The highest BCUT2D eigenvalue weighted by Crippen LogP contribution is 2.30. The number of aryl methyl sites for hydroxylation is 2. The molecule has 122 valence electrons. The van der Waals surface area contributed by atoms with Crippen LogP contribution in [0.1, 0.15) is 18.1 Å². The number of hydrogen-bond acceptors (Lipinski definition) is 3. The molecule has 0 aromatic heterocycles. The molecule has 0 saturated heterocycles. The second kappa shape index (κ2) is 7.55. The molecule has 0 aliphatic rings. The number of ether oxygens (including phenoxy) is 1. The van der Waals surface area contributed by atoms with Crippen molar-refractivity contribution in [1.82, 2.24) is 0 Å². The van der Waals surface area contributed by atoms with E-state index in [-0.39, 0.29) is 6.61 Å². The Morgan fingerprint density at radius 2 is 1.87 bits per heavy atom. The van der Waals surface area contributed by atoms with Gasteiger partial charge in [0.05, 0.1) is 0 Å². The third-order valence-corrected chi connectivity index (χ3v) is 5.09. The van der Waals surface area contributed by atoms with E-state index >= 15 is 0 Å². The minimum absolute atomic E-state index is 0.145. The average molecular weight is 330 g/mol. The largest absolute Gasteiger partial charge is 0.492 e. The van der Waals surface area contributed by atoms with Crippen molar-refractivity contribution in [1.29, 1.82) is 0 Å². The first kappa shape index (κ1) is 17.4. The third-order valence-electron chi connectivity index (χ3n) is 3.71. The summed E-state index contributed by atoms with van der Waals surface area (Å²) >= 11 is 1.54. The molecule has 3 nitrogen and oxygen atoms in total. The SMILES string of the molecule is Cc1ccc(C)c(OCC(C)(CSc2ccccc2)C(=O)O)c1. The van der Waals surface area contributed by atoms with Gasteiger partial charge in [-0.15, -0.1) is 11.8 Å². The number of benzene rings is 2. The van der Waals surface area contributed by atoms with Crippen molar-refractivity contribution < 1.29 is 14.6 Å². The fraction of sp³-hybridized carbons (Fsp3) is 0.316. The van der Waals surface area contributed by atoms with E-state index in [1.54, 1.807) is 6.92 Å². The predicted octanol–water partition coefficient (Wildman–Crippen LogP) is 4.57. The summed E-state index contributed by atoms with van der Waals surface area (Å²) in [4.78, 5) is 12.8. The first-order valence-corrected chi connectivity index (χ1v) is 8.50. The number of carboxylic acid groups (broad SMARTS) is 1. The number of carbonyl (C=O) groups is 1. The van der Waals surface area contributed by atoms with Gasteiger partial charge in [-0.25, -0.2) is 0 Å². The highest BCUT2D eigenvalue weighted by molar-refractivity contribution is 7.99. The van der Waals surface area contributed by atoms with E-state index in [9.17, 15) is 9.90 Å². The van der Waals surface area contributed by atoms with Gasteiger partial charge in [-0.2, -0.15) is 0 Å². The van der Waals surface area contributed by atoms with Crippen molar-refractivity contribution in [3.63, 3.8) is 0 Å². The van der Waals surface area contributed by atoms with Crippen LogP contribution in [-0.2, 0) is 4.79 Å². The van der Waals surface area contributed by atoms with Crippen LogP contribution >= 0.6 is 11.8 Å². The van der Waals surface area contributed by atoms with Crippen LogP contribution in [0.5, 0.6) is 5.75 Å². The lowest BCUT2D eigenvalue weighted by Crippen LogP contribution is -2.36. The smallest absolute Gasteiger partial charge is 0.313 e. The highest BCUT2D eigenvalue weighted by Gasteiger charge is 2.34. The molecule has 0 spiro atoms. The summed E-state index contributed by atoms with van der Waals surface area (Å²) in [5.41, 5.74) is 1.16. The fourth-order valence-corrected chi connectivity index (χ4v) is 3.07. The molecule has 0 aliphatic heterocycles. The first-order chi connectivity index (χ1) is 10.9. The zero-order chi connectivity index (χ0) is 16.9. The van der Waals surface area contributed by atoms with E-state index < -0.39 is 11.4 Å². The number of rotatable bonds is 7. The topological polar surface area (TPSA) is 46.5 Å². The minimum Gasteiger partial charge on any atom is -0.492 e. The van der Waals surface area contributed by atoms with Gasteiger partial charge in [0.25, 0.3) is 0 Å². The maximum atomic E-state index is 11.7. The summed E-state index contributed by atoms with van der Waals surface area (Å²) in [6.07, 6.45) is 0. The Morgan fingerprint density at radius 3 is 2.52 bits per heavy atom. The molecule has 0 amide bonds. The van der Waals surface area contributed by atoms with Crippen LogP contribution < -0.4 is 4.74 Å². The molecule has 0 heterocycles. The van der Waals surface area contributed by atoms with Gasteiger partial charge < -0.3 is 9.84 Å². The van der Waals surface area contributed by atoms with E-state index in [0.29, 0.717) is 5.75 Å². The van der Waals surface area contributed by atoms with Crippen molar-refractivity contribution in [3.05, 3.63) is 59.7 Å². The molecular weight excluding hydrogens is 308 g/mol. The second-order valence-electron chi connectivity index (χ2n) is 6.03. The van der Waals surface area contributed by atoms with Crippen LogP contribution in [-0.4, -0.2) is 23.4 Å². The molecule has 1 N–H and O–H groups in total. The van der Waals surface area contributed by atoms with Crippen molar-refractivity contribution >= 4 is 17.7 Å². The Kier molecular flexibility index (Phi) is 5.72. The van der Waals surface area contributed by atoms with Crippen molar-refractivity contribution in [2.24, 2.45) is 5.41 Å². The Balaban J connectivity index is 2.05. The summed E-state index contributed by atoms with van der Waals surface area (Å²) < 4.78 is 5.84. The molecule has 1 atom stereocenters. The van der Waals surface area contributed by atoms with Crippen LogP contribution in [0.15, 0.2) is 53.4 Å². The monoisotopic (exact) mass is 330 g/mol. The van der Waals surface area contributed by atoms with Gasteiger partial charge >= 0.3 is 5.97 Å². The minimum atomic E-state index is -0.948. The Labute approximate surface area is 141 Å². The Bertz CT molecular complexity index is 670. The van der Waals surface area contributed by atoms with Crippen LogP contribution in [0.4, 0.5) is 0 Å². The van der Waals surface area contributed by atoms with E-state index in [2.05, 4.69) is 0 Å². The van der Waals surface area contributed by atoms with Gasteiger partial charge in [0.1, 0.15) is 17.8 Å². The lowest BCUT2D eigenvalue weighted by Gasteiger charge is -2.25. The number of carboxylic acids is 1. The summed E-state index contributed by atoms with van der Waals surface area (Å²) in [7, 11) is 0. The van der Waals surface area contributed by atoms with Crippen LogP contribution in [0.25, 0.3) is 0 Å². The summed E-state index contributed by atoms with van der Waals surface area (Å²) in [5, 5.41) is 9.62. The van der Waals surface area contributed by atoms with E-state index in [0.717, 1.165) is 21.8 Å². The van der Waals surface area contributed by atoms with Crippen LogP contribution in [0.2, 0.25) is 0 Å². The van der Waals surface area contributed by atoms with Crippen molar-refractivity contribution in [3.8, 4) is 5.75 Å². The summed E-state index contributed by atoms with van der Waals surface area (Å²) in [6, 6.07) is 15.8. The standard InChI is InChI=1S/C19H22O3S/c1-14-9-10-15(2)17(11-14)22-12-19(3,18(20)21)13-23-16-7-5-4-6-8-16/h4-11H,12-13H2,1-3H3,(H,20,21). The summed E-state index contributed by atoms with van der Waals surface area (Å²) in [6.45, 7) is 5.84. The number of aliphatic carboxylic acids is 1. The molecule has 2 aromatic rings. The Hall–Kier alpha value is -1.94. The molecular formula is C19H22O3S. The van der Waals surface area contributed by atoms with Crippen molar-refractivity contribution in [2.45, 2.75) is 25.7 Å². The van der Waals surface area contributed by atoms with E-state index in [1.807, 2.05) is 62.4 Å². The van der Waals surface area contributed by atoms with Gasteiger partial charge in [0.15, 0.2) is 0 Å². The molecule has 0 radical (unpaired) electrons. The van der Waals surface area contributed by atoms with Crippen LogP contribution in [0.3, 0.4) is 0 Å². The molecule has 0 bridgehead atoms. The highest BCUT2D eigenvalue weighted by atomic mass is 32.2. The molecule has 0 saturated carbocycles. The third kappa shape index (κ3) is 4.76. The quantitative estimate of drug-likeness (QED) is 0.756. The molecule has 0 aliphatic carbocycles. The first-order valence-electron chi connectivity index (χ1n) is 7.52. The van der Waals surface area contributed by atoms with Gasteiger partial charge in [-0.05, 0) is 50.1 Å². The number of thioether (sulfide) groups is 1. The molecule has 0 fully saturated rings. The summed E-state index contributed by atoms with van der Waals surface area (Å²) in [5.74, 6) is 0.366. The molecule has 1 unspecified atom stereocenters. The maximum absolute atomic E-state index is 11.7. The predicted molar refractivity (Wildman–Crippen MR) is 94.3 cm³/mol. The van der Waals surface area contributed by atoms with Gasteiger partial charge in [-0.1, -0.05) is 30.3 Å². The van der Waals surface area contributed by atoms with E-state index in [4.69, 9.17) is 4.74 Å². The molecule has 23 heavy (non-hydrogen) atoms. The van der Waals surface area contributed by atoms with Crippen molar-refractivity contribution in [2.75, 3.05) is 12.4 Å². The molecule has 2 rings (SSSR count).